The Morgan fingerprint density at radius 3 is 2.00 bits per heavy atom. The molecule has 0 spiro atoms. The van der Waals surface area contributed by atoms with Crippen LogP contribution in [0, 0.1) is 6.92 Å². The molecule has 1 heterocycles. The maximum Gasteiger partial charge on any atom is 0.290 e. The van der Waals surface area contributed by atoms with Gasteiger partial charge in [0.05, 0.1) is 6.04 Å². The highest BCUT2D eigenvalue weighted by atomic mass is 35.5. The molecule has 1 atom stereocenters. The summed E-state index contributed by atoms with van der Waals surface area (Å²) in [5.74, 6) is -0.613. The van der Waals surface area contributed by atoms with E-state index in [4.69, 9.17) is 23.2 Å². The number of hydrogen-bond acceptors (Lipinski definition) is 2. The summed E-state index contributed by atoms with van der Waals surface area (Å²) in [6.45, 7) is 2.35. The molecule has 1 amide bonds. The summed E-state index contributed by atoms with van der Waals surface area (Å²) in [4.78, 5) is 14.7. The van der Waals surface area contributed by atoms with Crippen LogP contribution in [0.2, 0.25) is 10.0 Å². The summed E-state index contributed by atoms with van der Waals surface area (Å²) in [7, 11) is 0. The maximum absolute atomic E-state index is 13.0. The van der Waals surface area contributed by atoms with E-state index < -0.39 is 11.9 Å². The summed E-state index contributed by atoms with van der Waals surface area (Å²) in [6, 6.07) is 22.1. The Balaban J connectivity index is 1.80. The van der Waals surface area contributed by atoms with Gasteiger partial charge in [-0.25, -0.2) is 0 Å². The molecule has 1 aliphatic rings. The minimum atomic E-state index is -0.418. The minimum Gasteiger partial charge on any atom is -0.503 e. The van der Waals surface area contributed by atoms with Crippen molar-refractivity contribution in [3.8, 4) is 0 Å². The van der Waals surface area contributed by atoms with Crippen molar-refractivity contribution in [3.05, 3.63) is 111 Å². The van der Waals surface area contributed by atoms with E-state index in [1.54, 1.807) is 29.2 Å². The van der Waals surface area contributed by atoms with Crippen molar-refractivity contribution >= 4 is 34.7 Å². The summed E-state index contributed by atoms with van der Waals surface area (Å²) >= 11 is 12.1. The van der Waals surface area contributed by atoms with Crippen molar-refractivity contribution in [3.63, 3.8) is 0 Å². The molecule has 3 aromatic carbocycles. The number of carbonyl (C=O) groups excluding carboxylic acids is 1. The monoisotopic (exact) mass is 423 g/mol. The number of carbonyl (C=O) groups is 1. The summed E-state index contributed by atoms with van der Waals surface area (Å²) < 4.78 is 0. The first-order chi connectivity index (χ1) is 13.9. The first-order valence-corrected chi connectivity index (χ1v) is 10.0. The third kappa shape index (κ3) is 3.89. The Labute approximate surface area is 179 Å². The Morgan fingerprint density at radius 1 is 0.862 bits per heavy atom. The Bertz CT molecular complexity index is 1070. The van der Waals surface area contributed by atoms with E-state index >= 15 is 0 Å². The molecule has 1 N–H and O–H groups in total. The predicted octanol–water partition coefficient (Wildman–Crippen LogP) is 6.35. The third-order valence-corrected chi connectivity index (χ3v) is 5.62. The van der Waals surface area contributed by atoms with Gasteiger partial charge < -0.3 is 10.0 Å². The molecular weight excluding hydrogens is 405 g/mol. The molecule has 29 heavy (non-hydrogen) atoms. The zero-order valence-electron chi connectivity index (χ0n) is 15.8. The van der Waals surface area contributed by atoms with Gasteiger partial charge in [0.15, 0.2) is 5.76 Å². The van der Waals surface area contributed by atoms with Gasteiger partial charge in [-0.3, -0.25) is 4.79 Å². The van der Waals surface area contributed by atoms with Crippen molar-refractivity contribution in [2.75, 3.05) is 0 Å². The van der Waals surface area contributed by atoms with Gasteiger partial charge in [0.2, 0.25) is 0 Å². The van der Waals surface area contributed by atoms with Gasteiger partial charge >= 0.3 is 0 Å². The highest BCUT2D eigenvalue weighted by molar-refractivity contribution is 6.30. The summed E-state index contributed by atoms with van der Waals surface area (Å²) in [6.07, 6.45) is 0. The number of aliphatic hydroxyl groups excluding tert-OH is 1. The van der Waals surface area contributed by atoms with Crippen LogP contribution >= 0.6 is 23.2 Å². The van der Waals surface area contributed by atoms with E-state index in [1.165, 1.54) is 0 Å². The number of benzene rings is 3. The van der Waals surface area contributed by atoms with Crippen LogP contribution in [0.4, 0.5) is 0 Å². The number of aliphatic hydroxyl groups is 1. The van der Waals surface area contributed by atoms with Gasteiger partial charge in [-0.15, -0.1) is 0 Å². The molecule has 3 nitrogen and oxygen atoms in total. The number of rotatable bonds is 4. The van der Waals surface area contributed by atoms with Crippen LogP contribution in [0.15, 0.2) is 78.6 Å². The average Bonchev–Trinajstić information content (AvgIpc) is 2.96. The van der Waals surface area contributed by atoms with Gasteiger partial charge in [-0.1, -0.05) is 77.3 Å². The van der Waals surface area contributed by atoms with E-state index in [2.05, 4.69) is 0 Å². The molecule has 5 heteroatoms. The second-order valence-electron chi connectivity index (χ2n) is 7.14. The molecule has 0 radical (unpaired) electrons. The highest BCUT2D eigenvalue weighted by Crippen LogP contribution is 2.44. The van der Waals surface area contributed by atoms with Crippen molar-refractivity contribution in [2.24, 2.45) is 0 Å². The minimum absolute atomic E-state index is 0.220. The van der Waals surface area contributed by atoms with Crippen LogP contribution in [-0.4, -0.2) is 15.9 Å². The fourth-order valence-electron chi connectivity index (χ4n) is 3.62. The zero-order chi connectivity index (χ0) is 20.5. The lowest BCUT2D eigenvalue weighted by Crippen LogP contribution is -2.29. The summed E-state index contributed by atoms with van der Waals surface area (Å²) in [5, 5.41) is 12.1. The van der Waals surface area contributed by atoms with Crippen LogP contribution < -0.4 is 0 Å². The third-order valence-electron chi connectivity index (χ3n) is 5.12. The van der Waals surface area contributed by atoms with Gasteiger partial charge in [-0.05, 0) is 47.9 Å². The van der Waals surface area contributed by atoms with Crippen LogP contribution in [0.1, 0.15) is 28.3 Å². The normalized spacial score (nSPS) is 16.6. The molecule has 1 unspecified atom stereocenters. The Morgan fingerprint density at radius 2 is 1.41 bits per heavy atom. The summed E-state index contributed by atoms with van der Waals surface area (Å²) in [5.41, 5.74) is 4.35. The number of amides is 1. The molecule has 0 aromatic heterocycles. The number of aryl methyl sites for hydroxylation is 1. The first-order valence-electron chi connectivity index (χ1n) is 9.25. The fraction of sp³-hybridized carbons (Fsp3) is 0.125. The number of halogens is 2. The molecule has 4 rings (SSSR count). The van der Waals surface area contributed by atoms with Crippen molar-refractivity contribution in [1.82, 2.24) is 4.90 Å². The quantitative estimate of drug-likeness (QED) is 0.530. The molecule has 0 saturated carbocycles. The largest absolute Gasteiger partial charge is 0.503 e. The van der Waals surface area contributed by atoms with Gasteiger partial charge in [0, 0.05) is 22.2 Å². The Hall–Kier alpha value is -2.75. The second kappa shape index (κ2) is 7.94. The van der Waals surface area contributed by atoms with Crippen LogP contribution in [-0.2, 0) is 11.3 Å². The van der Waals surface area contributed by atoms with E-state index in [-0.39, 0.29) is 5.76 Å². The molecule has 0 bridgehead atoms. The van der Waals surface area contributed by atoms with E-state index in [1.807, 2.05) is 55.5 Å². The predicted molar refractivity (Wildman–Crippen MR) is 117 cm³/mol. The zero-order valence-corrected chi connectivity index (χ0v) is 17.3. The van der Waals surface area contributed by atoms with Crippen molar-refractivity contribution in [2.45, 2.75) is 19.5 Å². The average molecular weight is 424 g/mol. The van der Waals surface area contributed by atoms with Crippen molar-refractivity contribution in [1.29, 1.82) is 0 Å². The topological polar surface area (TPSA) is 40.5 Å². The maximum atomic E-state index is 13.0. The smallest absolute Gasteiger partial charge is 0.290 e. The van der Waals surface area contributed by atoms with Crippen LogP contribution in [0.25, 0.3) is 5.57 Å². The lowest BCUT2D eigenvalue weighted by atomic mass is 9.93. The second-order valence-corrected chi connectivity index (χ2v) is 8.01. The van der Waals surface area contributed by atoms with Gasteiger partial charge in [0.1, 0.15) is 0 Å². The molecule has 146 valence electrons. The standard InChI is InChI=1S/C24H19Cl2NO2/c1-15-2-6-17(7-3-15)21-22(18-8-12-20(26)13-9-18)27(24(29)23(21)28)14-16-4-10-19(25)11-5-16/h2-13,22,28H,14H2,1H3. The van der Waals surface area contributed by atoms with E-state index in [0.29, 0.717) is 22.2 Å². The highest BCUT2D eigenvalue weighted by Gasteiger charge is 2.40. The molecule has 3 aromatic rings. The number of hydrogen-bond donors (Lipinski definition) is 1. The SMILES string of the molecule is Cc1ccc(C2=C(O)C(=O)N(Cc3ccc(Cl)cc3)C2c2ccc(Cl)cc2)cc1. The fourth-order valence-corrected chi connectivity index (χ4v) is 3.87. The molecule has 0 saturated heterocycles. The number of nitrogens with zero attached hydrogens (tertiary/aromatic N) is 1. The van der Waals surface area contributed by atoms with Gasteiger partial charge in [0.25, 0.3) is 5.91 Å². The van der Waals surface area contributed by atoms with Crippen LogP contribution in [0.3, 0.4) is 0 Å². The van der Waals surface area contributed by atoms with E-state index in [9.17, 15) is 9.90 Å². The lowest BCUT2D eigenvalue weighted by Gasteiger charge is -2.27. The Kier molecular flexibility index (Phi) is 5.35. The van der Waals surface area contributed by atoms with E-state index in [0.717, 1.165) is 22.3 Å². The van der Waals surface area contributed by atoms with Crippen molar-refractivity contribution < 1.29 is 9.90 Å². The molecule has 1 aliphatic heterocycles. The molecule has 0 aliphatic carbocycles. The van der Waals surface area contributed by atoms with Gasteiger partial charge in [-0.2, -0.15) is 0 Å². The molecular formula is C24H19Cl2NO2. The van der Waals surface area contributed by atoms with Crippen LogP contribution in [0.5, 0.6) is 0 Å². The molecule has 0 fully saturated rings. The first kappa shape index (κ1) is 19.6. The lowest BCUT2D eigenvalue weighted by molar-refractivity contribution is -0.130.